The summed E-state index contributed by atoms with van der Waals surface area (Å²) >= 11 is 0. The van der Waals surface area contributed by atoms with Gasteiger partial charge in [0, 0.05) is 12.2 Å². The maximum Gasteiger partial charge on any atom is 0.248 e. The number of ether oxygens (including phenoxy) is 2. The second-order valence-corrected chi connectivity index (χ2v) is 4.25. The zero-order valence-electron chi connectivity index (χ0n) is 9.89. The molecule has 1 aliphatic heterocycles. The normalized spacial score (nSPS) is 21.4. The molecule has 1 aromatic rings. The quantitative estimate of drug-likeness (QED) is 0.863. The molecule has 17 heavy (non-hydrogen) atoms. The number of primary amides is 1. The van der Waals surface area contributed by atoms with Crippen LogP contribution >= 0.6 is 0 Å². The van der Waals surface area contributed by atoms with Gasteiger partial charge in [0.15, 0.2) is 0 Å². The second-order valence-electron chi connectivity index (χ2n) is 4.25. The third kappa shape index (κ3) is 3.05. The Labute approximate surface area is 101 Å². The third-order valence-electron chi connectivity index (χ3n) is 2.95. The molecule has 0 radical (unpaired) electrons. The van der Waals surface area contributed by atoms with Crippen molar-refractivity contribution in [1.82, 2.24) is 0 Å². The minimum atomic E-state index is -0.408. The molecule has 4 nitrogen and oxygen atoms in total. The van der Waals surface area contributed by atoms with Gasteiger partial charge in [-0.25, -0.2) is 0 Å². The maximum atomic E-state index is 10.9. The molecule has 2 N–H and O–H groups in total. The van der Waals surface area contributed by atoms with Crippen LogP contribution in [0.3, 0.4) is 0 Å². The summed E-state index contributed by atoms with van der Waals surface area (Å²) in [5.41, 5.74) is 6.75. The van der Waals surface area contributed by atoms with Gasteiger partial charge in [-0.05, 0) is 31.0 Å². The Morgan fingerprint density at radius 2 is 2.18 bits per heavy atom. The van der Waals surface area contributed by atoms with Gasteiger partial charge < -0.3 is 15.2 Å². The fourth-order valence-electron chi connectivity index (χ4n) is 1.91. The molecule has 1 saturated heterocycles. The lowest BCUT2D eigenvalue weighted by Gasteiger charge is -2.17. The van der Waals surface area contributed by atoms with E-state index in [4.69, 9.17) is 15.2 Å². The maximum absolute atomic E-state index is 10.9. The molecule has 92 valence electrons. The molecule has 0 aromatic heterocycles. The molecule has 2 atom stereocenters. The zero-order valence-corrected chi connectivity index (χ0v) is 9.89. The molecule has 0 aliphatic carbocycles. The molecular weight excluding hydrogens is 218 g/mol. The lowest BCUT2D eigenvalue weighted by Crippen LogP contribution is -2.15. The van der Waals surface area contributed by atoms with Crippen LogP contribution in [0.15, 0.2) is 24.3 Å². The summed E-state index contributed by atoms with van der Waals surface area (Å²) in [6.07, 6.45) is 1.13. The van der Waals surface area contributed by atoms with E-state index in [-0.39, 0.29) is 12.2 Å². The van der Waals surface area contributed by atoms with Gasteiger partial charge in [0.1, 0.15) is 0 Å². The van der Waals surface area contributed by atoms with Crippen molar-refractivity contribution in [3.05, 3.63) is 35.4 Å². The molecule has 1 fully saturated rings. The van der Waals surface area contributed by atoms with Crippen molar-refractivity contribution in [2.24, 2.45) is 5.73 Å². The van der Waals surface area contributed by atoms with E-state index in [9.17, 15) is 4.79 Å². The van der Waals surface area contributed by atoms with Gasteiger partial charge in [0.25, 0.3) is 0 Å². The Morgan fingerprint density at radius 1 is 1.47 bits per heavy atom. The van der Waals surface area contributed by atoms with Crippen molar-refractivity contribution < 1.29 is 14.3 Å². The smallest absolute Gasteiger partial charge is 0.248 e. The predicted molar refractivity (Wildman–Crippen MR) is 63.7 cm³/mol. The first-order valence-electron chi connectivity index (χ1n) is 5.80. The Hall–Kier alpha value is -1.39. The summed E-state index contributed by atoms with van der Waals surface area (Å²) in [6, 6.07) is 7.20. The third-order valence-corrected chi connectivity index (χ3v) is 2.95. The zero-order chi connectivity index (χ0) is 12.3. The van der Waals surface area contributed by atoms with E-state index >= 15 is 0 Å². The first kappa shape index (κ1) is 12.1. The lowest BCUT2D eigenvalue weighted by atomic mass is 10.1. The summed E-state index contributed by atoms with van der Waals surface area (Å²) in [5.74, 6) is -0.408. The first-order valence-corrected chi connectivity index (χ1v) is 5.80. The summed E-state index contributed by atoms with van der Waals surface area (Å²) < 4.78 is 11.1. The summed E-state index contributed by atoms with van der Waals surface area (Å²) in [5, 5.41) is 0. The van der Waals surface area contributed by atoms with Gasteiger partial charge in [-0.3, -0.25) is 4.79 Å². The fraction of sp³-hybridized carbons (Fsp3) is 0.462. The fourth-order valence-corrected chi connectivity index (χ4v) is 1.91. The van der Waals surface area contributed by atoms with Crippen molar-refractivity contribution in [2.75, 3.05) is 13.2 Å². The number of nitrogens with two attached hydrogens (primary N) is 1. The van der Waals surface area contributed by atoms with Crippen LogP contribution in [0.2, 0.25) is 0 Å². The van der Waals surface area contributed by atoms with Crippen LogP contribution in [-0.2, 0) is 9.47 Å². The molecule has 1 heterocycles. The number of carbonyl (C=O) groups excluding carboxylic acids is 1. The monoisotopic (exact) mass is 235 g/mol. The van der Waals surface area contributed by atoms with Gasteiger partial charge in [0.05, 0.1) is 18.8 Å². The van der Waals surface area contributed by atoms with Crippen LogP contribution in [0, 0.1) is 0 Å². The Kier molecular flexibility index (Phi) is 3.76. The molecule has 4 heteroatoms. The van der Waals surface area contributed by atoms with Gasteiger partial charge in [-0.15, -0.1) is 0 Å². The Morgan fingerprint density at radius 3 is 2.71 bits per heavy atom. The highest BCUT2D eigenvalue weighted by Gasteiger charge is 2.19. The summed E-state index contributed by atoms with van der Waals surface area (Å²) in [7, 11) is 0. The Bertz CT molecular complexity index is 382. The number of hydrogen-bond donors (Lipinski definition) is 1. The van der Waals surface area contributed by atoms with Crippen LogP contribution in [0.4, 0.5) is 0 Å². The predicted octanol–water partition coefficient (Wildman–Crippen LogP) is 1.65. The highest BCUT2D eigenvalue weighted by atomic mass is 16.5. The van der Waals surface area contributed by atoms with Gasteiger partial charge in [-0.1, -0.05) is 12.1 Å². The molecule has 0 spiro atoms. The lowest BCUT2D eigenvalue weighted by molar-refractivity contribution is -0.00767. The van der Waals surface area contributed by atoms with Gasteiger partial charge >= 0.3 is 0 Å². The number of benzene rings is 1. The van der Waals surface area contributed by atoms with Gasteiger partial charge in [0.2, 0.25) is 5.91 Å². The van der Waals surface area contributed by atoms with E-state index < -0.39 is 5.91 Å². The second kappa shape index (κ2) is 5.29. The van der Waals surface area contributed by atoms with Crippen LogP contribution in [-0.4, -0.2) is 25.2 Å². The number of carbonyl (C=O) groups is 1. The van der Waals surface area contributed by atoms with Crippen molar-refractivity contribution in [3.8, 4) is 0 Å². The highest BCUT2D eigenvalue weighted by Crippen LogP contribution is 2.22. The Balaban J connectivity index is 1.98. The van der Waals surface area contributed by atoms with E-state index in [1.165, 1.54) is 0 Å². The summed E-state index contributed by atoms with van der Waals surface area (Å²) in [4.78, 5) is 10.9. The highest BCUT2D eigenvalue weighted by molar-refractivity contribution is 5.92. The van der Waals surface area contributed by atoms with E-state index in [0.717, 1.165) is 18.6 Å². The van der Waals surface area contributed by atoms with E-state index in [1.54, 1.807) is 12.1 Å². The average molecular weight is 235 g/mol. The van der Waals surface area contributed by atoms with Crippen LogP contribution in [0.25, 0.3) is 0 Å². The number of amides is 1. The number of rotatable bonds is 4. The van der Waals surface area contributed by atoms with Crippen molar-refractivity contribution in [2.45, 2.75) is 25.6 Å². The molecular formula is C13H17NO3. The van der Waals surface area contributed by atoms with Crippen LogP contribution < -0.4 is 5.73 Å². The minimum Gasteiger partial charge on any atom is -0.379 e. The SMILES string of the molecule is CC(OC1CCOC1)c1ccc(C(N)=O)cc1. The molecule has 2 unspecified atom stereocenters. The molecule has 1 aromatic carbocycles. The van der Waals surface area contributed by atoms with Crippen molar-refractivity contribution in [3.63, 3.8) is 0 Å². The summed E-state index contributed by atoms with van der Waals surface area (Å²) in [6.45, 7) is 3.44. The largest absolute Gasteiger partial charge is 0.379 e. The molecule has 2 rings (SSSR count). The van der Waals surface area contributed by atoms with Crippen molar-refractivity contribution in [1.29, 1.82) is 0 Å². The number of hydrogen-bond acceptors (Lipinski definition) is 3. The standard InChI is InChI=1S/C13H17NO3/c1-9(17-12-6-7-16-8-12)10-2-4-11(5-3-10)13(14)15/h2-5,9,12H,6-8H2,1H3,(H2,14,15). The first-order chi connectivity index (χ1) is 8.16. The topological polar surface area (TPSA) is 61.6 Å². The molecule has 0 bridgehead atoms. The van der Waals surface area contributed by atoms with Crippen molar-refractivity contribution >= 4 is 5.91 Å². The van der Waals surface area contributed by atoms with E-state index in [2.05, 4.69) is 0 Å². The van der Waals surface area contributed by atoms with Gasteiger partial charge in [-0.2, -0.15) is 0 Å². The molecule has 0 saturated carbocycles. The minimum absolute atomic E-state index is 0.00336. The van der Waals surface area contributed by atoms with Crippen LogP contribution in [0.5, 0.6) is 0 Å². The van der Waals surface area contributed by atoms with E-state index in [1.807, 2.05) is 19.1 Å². The molecule has 1 aliphatic rings. The molecule has 1 amide bonds. The van der Waals surface area contributed by atoms with E-state index in [0.29, 0.717) is 12.2 Å². The van der Waals surface area contributed by atoms with Crippen LogP contribution in [0.1, 0.15) is 35.4 Å². The average Bonchev–Trinajstić information content (AvgIpc) is 2.82.